The molecule has 0 saturated heterocycles. The van der Waals surface area contributed by atoms with E-state index >= 15 is 0 Å². The molecule has 0 spiro atoms. The molecular weight excluding hydrogens is 215 g/mol. The molecule has 0 atom stereocenters. The molecule has 0 amide bonds. The summed E-state index contributed by atoms with van der Waals surface area (Å²) in [5.41, 5.74) is 0. The lowest BCUT2D eigenvalue weighted by molar-refractivity contribution is 0.0506. The van der Waals surface area contributed by atoms with Crippen molar-refractivity contribution in [3.8, 4) is 0 Å². The monoisotopic (exact) mass is 238 g/mol. The smallest absolute Gasteiger partial charge is 0.372 e. The first kappa shape index (κ1) is 15.0. The van der Waals surface area contributed by atoms with Gasteiger partial charge in [0.05, 0.1) is 0 Å². The lowest BCUT2D eigenvalue weighted by Crippen LogP contribution is -2.49. The van der Waals surface area contributed by atoms with Gasteiger partial charge in [-0.3, -0.25) is 0 Å². The summed E-state index contributed by atoms with van der Waals surface area (Å²) in [7, 11) is -3.00. The summed E-state index contributed by atoms with van der Waals surface area (Å²) in [6.45, 7) is 7.46. The van der Waals surface area contributed by atoms with Gasteiger partial charge in [0, 0.05) is 19.8 Å². The maximum Gasteiger partial charge on any atom is 0.533 e. The van der Waals surface area contributed by atoms with Crippen LogP contribution in [-0.4, -0.2) is 34.9 Å². The largest absolute Gasteiger partial charge is 0.533 e. The third-order valence-corrected chi connectivity index (χ3v) is 4.00. The Balaban J connectivity index is 4.16. The van der Waals surface area contributed by atoms with E-state index in [0.29, 0.717) is 19.8 Å². The second kappa shape index (κ2) is 9.27. The van der Waals surface area contributed by atoms with Crippen LogP contribution >= 0.6 is 0 Å². The predicted molar refractivity (Wildman–Crippen MR) is 60.5 cm³/mol. The highest BCUT2D eigenvalue weighted by Gasteiger charge is 2.41. The summed E-state index contributed by atoms with van der Waals surface area (Å²) in [6.07, 6.45) is 1.91. The first-order chi connectivity index (χ1) is 7.24. The Labute approximate surface area is 93.3 Å². The number of alkyl halides is 1. The molecule has 15 heavy (non-hydrogen) atoms. The van der Waals surface area contributed by atoms with Crippen molar-refractivity contribution in [3.05, 3.63) is 0 Å². The van der Waals surface area contributed by atoms with Crippen molar-refractivity contribution in [2.75, 3.05) is 26.1 Å². The zero-order chi connectivity index (χ0) is 11.6. The van der Waals surface area contributed by atoms with Crippen LogP contribution in [-0.2, 0) is 13.3 Å². The van der Waals surface area contributed by atoms with Gasteiger partial charge in [0.1, 0.15) is 0 Å². The molecule has 0 N–H and O–H groups in total. The van der Waals surface area contributed by atoms with Crippen LogP contribution in [0.4, 0.5) is 4.39 Å². The average Bonchev–Trinajstić information content (AvgIpc) is 2.29. The first-order valence-corrected chi connectivity index (χ1v) is 7.65. The topological polar surface area (TPSA) is 27.7 Å². The molecule has 5 heteroatoms. The minimum atomic E-state index is -3.00. The van der Waals surface area contributed by atoms with Gasteiger partial charge in [-0.15, -0.1) is 0 Å². The predicted octanol–water partition coefficient (Wildman–Crippen LogP) is 2.71. The van der Waals surface area contributed by atoms with Crippen LogP contribution in [0.15, 0.2) is 0 Å². The maximum atomic E-state index is 13.0. The third kappa shape index (κ3) is 6.24. The van der Waals surface area contributed by atoms with Gasteiger partial charge in [-0.1, -0.05) is 20.8 Å². The van der Waals surface area contributed by atoms with Gasteiger partial charge in [-0.25, -0.2) is 4.39 Å². The van der Waals surface area contributed by atoms with E-state index in [2.05, 4.69) is 0 Å². The molecule has 92 valence electrons. The lowest BCUT2D eigenvalue weighted by Gasteiger charge is -2.26. The molecule has 0 aromatic carbocycles. The second-order valence-corrected chi connectivity index (χ2v) is 5.86. The van der Waals surface area contributed by atoms with E-state index in [9.17, 15) is 4.39 Å². The average molecular weight is 238 g/mol. The first-order valence-electron chi connectivity index (χ1n) is 5.72. The summed E-state index contributed by atoms with van der Waals surface area (Å²) in [6, 6.07) is 0. The van der Waals surface area contributed by atoms with Crippen molar-refractivity contribution < 1.29 is 17.7 Å². The summed E-state index contributed by atoms with van der Waals surface area (Å²) >= 11 is 0. The molecule has 0 aliphatic rings. The van der Waals surface area contributed by atoms with Gasteiger partial charge < -0.3 is 13.3 Å². The fourth-order valence-corrected chi connectivity index (χ4v) is 3.04. The fourth-order valence-electron chi connectivity index (χ4n) is 1.01. The quantitative estimate of drug-likeness (QED) is 0.548. The number of hydrogen-bond acceptors (Lipinski definition) is 3. The van der Waals surface area contributed by atoms with Crippen molar-refractivity contribution in [2.24, 2.45) is 0 Å². The Bertz CT molecular complexity index is 125. The van der Waals surface area contributed by atoms with Gasteiger partial charge in [-0.2, -0.15) is 0 Å². The van der Waals surface area contributed by atoms with Crippen molar-refractivity contribution in [3.63, 3.8) is 0 Å². The van der Waals surface area contributed by atoms with E-state index in [1.807, 2.05) is 20.8 Å². The van der Waals surface area contributed by atoms with Crippen molar-refractivity contribution in [1.82, 2.24) is 0 Å². The van der Waals surface area contributed by atoms with Gasteiger partial charge in [0.2, 0.25) is 0 Å². The van der Waals surface area contributed by atoms with Crippen molar-refractivity contribution in [2.45, 2.75) is 40.0 Å². The highest BCUT2D eigenvalue weighted by Crippen LogP contribution is 2.12. The number of halogens is 1. The van der Waals surface area contributed by atoms with Crippen molar-refractivity contribution >= 4 is 8.80 Å². The molecule has 0 saturated carbocycles. The molecular formula is C10H23FO3Si. The van der Waals surface area contributed by atoms with Crippen LogP contribution in [0.3, 0.4) is 0 Å². The fraction of sp³-hybridized carbons (Fsp3) is 1.00. The highest BCUT2D eigenvalue weighted by atomic mass is 28.4. The van der Waals surface area contributed by atoms with Gasteiger partial charge in [-0.05, 0) is 19.3 Å². The maximum absolute atomic E-state index is 13.0. The number of hydrogen-bond donors (Lipinski definition) is 0. The van der Waals surface area contributed by atoms with E-state index in [-0.39, 0.29) is 0 Å². The van der Waals surface area contributed by atoms with E-state index in [0.717, 1.165) is 19.3 Å². The SMILES string of the molecule is CCCO[Si](CF)(OCCC)OCCC. The Morgan fingerprint density at radius 3 is 1.33 bits per heavy atom. The van der Waals surface area contributed by atoms with Gasteiger partial charge >= 0.3 is 8.80 Å². The highest BCUT2D eigenvalue weighted by molar-refractivity contribution is 6.60. The second-order valence-electron chi connectivity index (χ2n) is 3.36. The molecule has 0 bridgehead atoms. The zero-order valence-electron chi connectivity index (χ0n) is 10.1. The molecule has 0 aromatic heterocycles. The van der Waals surface area contributed by atoms with E-state index < -0.39 is 15.1 Å². The molecule has 0 aliphatic carbocycles. The third-order valence-electron chi connectivity index (χ3n) is 1.74. The van der Waals surface area contributed by atoms with Crippen molar-refractivity contribution in [1.29, 1.82) is 0 Å². The van der Waals surface area contributed by atoms with Gasteiger partial charge in [0.15, 0.2) is 6.30 Å². The van der Waals surface area contributed by atoms with Crippen LogP contribution in [0.1, 0.15) is 40.0 Å². The summed E-state index contributed by atoms with van der Waals surface area (Å²) in [5, 5.41) is 0. The van der Waals surface area contributed by atoms with Crippen LogP contribution in [0.2, 0.25) is 0 Å². The molecule has 0 radical (unpaired) electrons. The molecule has 0 heterocycles. The minimum absolute atomic E-state index is 0.504. The van der Waals surface area contributed by atoms with Crippen LogP contribution in [0, 0.1) is 0 Å². The Morgan fingerprint density at radius 2 is 1.13 bits per heavy atom. The Kier molecular flexibility index (Phi) is 9.28. The Hall–Kier alpha value is 0.0269. The minimum Gasteiger partial charge on any atom is -0.372 e. The normalized spacial score (nSPS) is 12.0. The van der Waals surface area contributed by atoms with Gasteiger partial charge in [0.25, 0.3) is 0 Å². The standard InChI is InChI=1S/C10H23FO3Si/c1-4-7-12-15(10-11,13-8-5-2)14-9-6-3/h4-10H2,1-3H3. The van der Waals surface area contributed by atoms with E-state index in [1.165, 1.54) is 0 Å². The molecule has 3 nitrogen and oxygen atoms in total. The molecule has 0 fully saturated rings. The Morgan fingerprint density at radius 1 is 0.800 bits per heavy atom. The summed E-state index contributed by atoms with van der Waals surface area (Å²) in [4.78, 5) is 0. The van der Waals surface area contributed by atoms with Crippen LogP contribution in [0.25, 0.3) is 0 Å². The number of rotatable bonds is 10. The van der Waals surface area contributed by atoms with E-state index in [4.69, 9.17) is 13.3 Å². The van der Waals surface area contributed by atoms with Crippen LogP contribution < -0.4 is 0 Å². The van der Waals surface area contributed by atoms with Crippen LogP contribution in [0.5, 0.6) is 0 Å². The van der Waals surface area contributed by atoms with E-state index in [1.54, 1.807) is 0 Å². The molecule has 0 aliphatic heterocycles. The molecule has 0 aromatic rings. The summed E-state index contributed by atoms with van der Waals surface area (Å²) in [5.74, 6) is 0. The lowest BCUT2D eigenvalue weighted by atomic mass is 10.5. The molecule has 0 unspecified atom stereocenters. The molecule has 0 rings (SSSR count). The zero-order valence-corrected chi connectivity index (χ0v) is 11.1. The summed E-state index contributed by atoms with van der Waals surface area (Å²) < 4.78 is 29.3.